The molecule has 1 aromatic carbocycles. The van der Waals surface area contributed by atoms with Crippen LogP contribution in [0.25, 0.3) is 0 Å². The molecule has 0 radical (unpaired) electrons. The van der Waals surface area contributed by atoms with Gasteiger partial charge >= 0.3 is 12.1 Å². The number of carbonyl (C=O) groups excluding carboxylic acids is 3. The average molecular weight is 763 g/mol. The van der Waals surface area contributed by atoms with Crippen LogP contribution in [0.3, 0.4) is 0 Å². The fraction of sp³-hybridized carbons (Fsp3) is 0.786. The van der Waals surface area contributed by atoms with E-state index in [1.165, 1.54) is 95.3 Å². The number of aliphatic hydroxyl groups is 3. The predicted octanol–water partition coefficient (Wildman–Crippen LogP) is 7.08. The van der Waals surface area contributed by atoms with E-state index in [2.05, 4.69) is 29.8 Å². The highest BCUT2D eigenvalue weighted by Crippen LogP contribution is 2.25. The third-order valence-electron chi connectivity index (χ3n) is 10.3. The van der Waals surface area contributed by atoms with Crippen LogP contribution in [0.2, 0.25) is 0 Å². The van der Waals surface area contributed by atoms with Crippen molar-refractivity contribution in [1.29, 1.82) is 0 Å². The summed E-state index contributed by atoms with van der Waals surface area (Å²) < 4.78 is 11.3. The van der Waals surface area contributed by atoms with Gasteiger partial charge in [-0.2, -0.15) is 0 Å². The lowest BCUT2D eigenvalue weighted by Gasteiger charge is -2.46. The SMILES string of the molecule is CCCCCCCCCCCCNC(=O)N(CCCCCCCCCCCC)[C@@H]1O[C@H](CO)[C@@H](O)[C@H](O)[C@H]1NC(=O)[C@H](C)NC(=O)OCc1ccccc1. The number of rotatable bonds is 29. The number of nitrogens with zero attached hydrogens (tertiary/aromatic N) is 1. The molecule has 1 heterocycles. The molecular weight excluding hydrogens is 688 g/mol. The highest BCUT2D eigenvalue weighted by atomic mass is 16.6. The van der Waals surface area contributed by atoms with E-state index in [1.807, 2.05) is 30.3 Å². The normalized spacial score (nSPS) is 20.2. The molecule has 4 amide bonds. The van der Waals surface area contributed by atoms with Crippen molar-refractivity contribution in [2.45, 2.75) is 192 Å². The number of ether oxygens (including phenoxy) is 2. The van der Waals surface area contributed by atoms with Crippen molar-refractivity contribution in [2.24, 2.45) is 0 Å². The summed E-state index contributed by atoms with van der Waals surface area (Å²) >= 11 is 0. The molecule has 2 rings (SSSR count). The third-order valence-corrected chi connectivity index (χ3v) is 10.3. The topological polar surface area (TPSA) is 170 Å². The van der Waals surface area contributed by atoms with Crippen molar-refractivity contribution >= 4 is 18.0 Å². The van der Waals surface area contributed by atoms with E-state index in [9.17, 15) is 29.7 Å². The summed E-state index contributed by atoms with van der Waals surface area (Å²) in [5, 5.41) is 40.3. The van der Waals surface area contributed by atoms with E-state index in [0.29, 0.717) is 13.0 Å². The van der Waals surface area contributed by atoms with Gasteiger partial charge in [-0.3, -0.25) is 9.69 Å². The number of benzene rings is 1. The second-order valence-electron chi connectivity index (χ2n) is 15.0. The lowest BCUT2D eigenvalue weighted by atomic mass is 9.94. The second-order valence-corrected chi connectivity index (χ2v) is 15.0. The molecular formula is C42H74N4O8. The first kappa shape index (κ1) is 47.2. The van der Waals surface area contributed by atoms with Crippen LogP contribution >= 0.6 is 0 Å². The zero-order chi connectivity index (χ0) is 39.4. The molecule has 1 aliphatic heterocycles. The Bertz CT molecular complexity index is 1130. The first-order valence-electron chi connectivity index (χ1n) is 21.2. The Morgan fingerprint density at radius 2 is 1.28 bits per heavy atom. The van der Waals surface area contributed by atoms with Crippen LogP contribution in [0.5, 0.6) is 0 Å². The van der Waals surface area contributed by atoms with Crippen LogP contribution in [-0.4, -0.2) is 94.6 Å². The van der Waals surface area contributed by atoms with Gasteiger partial charge in [-0.25, -0.2) is 9.59 Å². The average Bonchev–Trinajstić information content (AvgIpc) is 3.17. The Morgan fingerprint density at radius 3 is 1.81 bits per heavy atom. The molecule has 6 N–H and O–H groups in total. The zero-order valence-electron chi connectivity index (χ0n) is 33.7. The lowest BCUT2D eigenvalue weighted by molar-refractivity contribution is -0.224. The minimum Gasteiger partial charge on any atom is -0.445 e. The molecule has 6 atom stereocenters. The van der Waals surface area contributed by atoms with Gasteiger partial charge < -0.3 is 40.7 Å². The number of carbonyl (C=O) groups is 3. The molecule has 0 bridgehead atoms. The Labute approximate surface area is 325 Å². The minimum atomic E-state index is -1.56. The quantitative estimate of drug-likeness (QED) is 0.0471. The van der Waals surface area contributed by atoms with Crippen molar-refractivity contribution in [3.8, 4) is 0 Å². The molecule has 1 saturated heterocycles. The van der Waals surface area contributed by atoms with Gasteiger partial charge in [0.15, 0.2) is 6.23 Å². The lowest BCUT2D eigenvalue weighted by Crippen LogP contribution is -2.70. The van der Waals surface area contributed by atoms with Crippen molar-refractivity contribution in [3.63, 3.8) is 0 Å². The monoisotopic (exact) mass is 763 g/mol. The molecule has 12 heteroatoms. The van der Waals surface area contributed by atoms with E-state index in [0.717, 1.165) is 44.1 Å². The van der Waals surface area contributed by atoms with E-state index in [1.54, 1.807) is 0 Å². The summed E-state index contributed by atoms with van der Waals surface area (Å²) in [6, 6.07) is 6.42. The summed E-state index contributed by atoms with van der Waals surface area (Å²) in [6.45, 7) is 6.10. The molecule has 1 aliphatic rings. The van der Waals surface area contributed by atoms with Gasteiger partial charge in [0.1, 0.15) is 37.0 Å². The maximum atomic E-state index is 13.8. The smallest absolute Gasteiger partial charge is 0.408 e. The number of hydrogen-bond donors (Lipinski definition) is 6. The molecule has 0 aromatic heterocycles. The third kappa shape index (κ3) is 19.1. The zero-order valence-corrected chi connectivity index (χ0v) is 33.7. The molecule has 12 nitrogen and oxygen atoms in total. The van der Waals surface area contributed by atoms with Crippen LogP contribution in [0.15, 0.2) is 30.3 Å². The van der Waals surface area contributed by atoms with E-state index in [4.69, 9.17) is 9.47 Å². The Morgan fingerprint density at radius 1 is 0.759 bits per heavy atom. The molecule has 0 saturated carbocycles. The van der Waals surface area contributed by atoms with Crippen LogP contribution < -0.4 is 16.0 Å². The van der Waals surface area contributed by atoms with Crippen molar-refractivity contribution in [2.75, 3.05) is 19.7 Å². The van der Waals surface area contributed by atoms with Crippen molar-refractivity contribution in [3.05, 3.63) is 35.9 Å². The number of urea groups is 1. The van der Waals surface area contributed by atoms with Gasteiger partial charge in [-0.05, 0) is 25.3 Å². The first-order valence-corrected chi connectivity index (χ1v) is 21.2. The molecule has 0 aliphatic carbocycles. The van der Waals surface area contributed by atoms with Gasteiger partial charge in [0, 0.05) is 13.1 Å². The second kappa shape index (κ2) is 29.4. The number of amides is 4. The summed E-state index contributed by atoms with van der Waals surface area (Å²) in [7, 11) is 0. The molecule has 0 spiro atoms. The predicted molar refractivity (Wildman–Crippen MR) is 213 cm³/mol. The van der Waals surface area contributed by atoms with Crippen LogP contribution in [0.4, 0.5) is 9.59 Å². The number of hydrogen-bond acceptors (Lipinski definition) is 8. The highest BCUT2D eigenvalue weighted by molar-refractivity contribution is 5.85. The number of unbranched alkanes of at least 4 members (excludes halogenated alkanes) is 18. The van der Waals surface area contributed by atoms with Gasteiger partial charge in [0.05, 0.1) is 6.61 Å². The fourth-order valence-electron chi connectivity index (χ4n) is 6.84. The van der Waals surface area contributed by atoms with E-state index < -0.39 is 61.3 Å². The number of alkyl carbamates (subject to hydrolysis) is 1. The maximum absolute atomic E-state index is 13.8. The van der Waals surface area contributed by atoms with Gasteiger partial charge in [0.2, 0.25) is 5.91 Å². The molecule has 0 unspecified atom stereocenters. The molecule has 54 heavy (non-hydrogen) atoms. The Balaban J connectivity index is 2.04. The molecule has 1 aromatic rings. The summed E-state index contributed by atoms with van der Waals surface area (Å²) in [5.74, 6) is -0.663. The Kier molecular flexibility index (Phi) is 25.7. The van der Waals surface area contributed by atoms with Gasteiger partial charge in [-0.1, -0.05) is 160 Å². The van der Waals surface area contributed by atoms with E-state index in [-0.39, 0.29) is 13.2 Å². The number of nitrogens with one attached hydrogen (secondary N) is 3. The molecule has 1 fully saturated rings. The Hall–Kier alpha value is -2.93. The van der Waals surface area contributed by atoms with Crippen LogP contribution in [0, 0.1) is 0 Å². The maximum Gasteiger partial charge on any atom is 0.408 e. The molecule has 310 valence electrons. The first-order chi connectivity index (χ1) is 26.2. The minimum absolute atomic E-state index is 0.0230. The fourth-order valence-corrected chi connectivity index (χ4v) is 6.84. The van der Waals surface area contributed by atoms with Crippen LogP contribution in [0.1, 0.15) is 155 Å². The summed E-state index contributed by atoms with van der Waals surface area (Å²) in [4.78, 5) is 41.2. The van der Waals surface area contributed by atoms with Crippen molar-refractivity contribution in [1.82, 2.24) is 20.9 Å². The van der Waals surface area contributed by atoms with Crippen LogP contribution in [-0.2, 0) is 20.9 Å². The highest BCUT2D eigenvalue weighted by Gasteiger charge is 2.48. The largest absolute Gasteiger partial charge is 0.445 e. The standard InChI is InChI=1S/C42H74N4O8/c1-4-6-8-10-12-14-16-18-20-25-29-43-41(51)46(30-26-21-19-17-15-13-11-9-7-5-2)40-36(38(49)37(48)35(31-47)54-40)45-39(50)33(3)44-42(52)53-32-34-27-23-22-24-28-34/h22-24,27-28,33,35-38,40,47-49H,4-21,25-26,29-32H2,1-3H3,(H,43,51)(H,44,52)(H,45,50)/t33-,35+,36+,37+,38+,40+/m0/s1. The van der Waals surface area contributed by atoms with Gasteiger partial charge in [-0.15, -0.1) is 0 Å². The number of aliphatic hydroxyl groups excluding tert-OH is 3. The summed E-state index contributed by atoms with van der Waals surface area (Å²) in [5.41, 5.74) is 0.788. The van der Waals surface area contributed by atoms with E-state index >= 15 is 0 Å². The van der Waals surface area contributed by atoms with Gasteiger partial charge in [0.25, 0.3) is 0 Å². The summed E-state index contributed by atoms with van der Waals surface area (Å²) in [6.07, 6.45) is 16.7. The van der Waals surface area contributed by atoms with Crippen molar-refractivity contribution < 1.29 is 39.2 Å².